The predicted octanol–water partition coefficient (Wildman–Crippen LogP) is 2.92. The van der Waals surface area contributed by atoms with Crippen molar-refractivity contribution in [2.75, 3.05) is 10.0 Å². The summed E-state index contributed by atoms with van der Waals surface area (Å²) in [5.41, 5.74) is 1.36. The summed E-state index contributed by atoms with van der Waals surface area (Å²) in [7, 11) is -3.85. The van der Waals surface area contributed by atoms with E-state index in [2.05, 4.69) is 10.0 Å². The van der Waals surface area contributed by atoms with Crippen molar-refractivity contribution in [2.45, 2.75) is 31.1 Å². The molecule has 1 aliphatic rings. The monoisotopic (exact) mass is 358 g/mol. The topological polar surface area (TPSA) is 92.3 Å². The second kappa shape index (κ2) is 5.70. The van der Waals surface area contributed by atoms with E-state index in [-0.39, 0.29) is 16.6 Å². The van der Waals surface area contributed by atoms with Crippen LogP contribution in [0.1, 0.15) is 36.7 Å². The van der Waals surface area contributed by atoms with Crippen LogP contribution in [0.2, 0.25) is 0 Å². The van der Waals surface area contributed by atoms with Crippen LogP contribution in [0.3, 0.4) is 0 Å². The van der Waals surface area contributed by atoms with Crippen LogP contribution in [0.15, 0.2) is 47.4 Å². The van der Waals surface area contributed by atoms with Crippen LogP contribution >= 0.6 is 0 Å². The molecule has 0 saturated heterocycles. The zero-order valence-electron chi connectivity index (χ0n) is 14.1. The number of ketones is 1. The maximum Gasteiger partial charge on any atom is 0.261 e. The number of benzene rings is 2. The van der Waals surface area contributed by atoms with Gasteiger partial charge in [-0.05, 0) is 56.7 Å². The van der Waals surface area contributed by atoms with Gasteiger partial charge in [-0.2, -0.15) is 0 Å². The molecule has 0 unspecified atom stereocenters. The molecule has 0 aromatic heterocycles. The lowest BCUT2D eigenvalue weighted by Gasteiger charge is -2.16. The van der Waals surface area contributed by atoms with Gasteiger partial charge in [0.2, 0.25) is 5.91 Å². The summed E-state index contributed by atoms with van der Waals surface area (Å²) in [6, 6.07) is 10.8. The Kier molecular flexibility index (Phi) is 3.91. The number of sulfonamides is 1. The quantitative estimate of drug-likeness (QED) is 0.822. The highest BCUT2D eigenvalue weighted by atomic mass is 32.2. The van der Waals surface area contributed by atoms with Gasteiger partial charge in [-0.15, -0.1) is 0 Å². The fourth-order valence-electron chi connectivity index (χ4n) is 2.73. The maximum absolute atomic E-state index is 12.6. The highest BCUT2D eigenvalue weighted by molar-refractivity contribution is 7.92. The first-order valence-electron chi connectivity index (χ1n) is 7.71. The molecule has 0 saturated carbocycles. The van der Waals surface area contributed by atoms with Crippen LogP contribution < -0.4 is 10.0 Å². The number of anilines is 2. The van der Waals surface area contributed by atoms with Gasteiger partial charge in [-0.1, -0.05) is 12.1 Å². The minimum atomic E-state index is -3.85. The normalized spacial score (nSPS) is 15.4. The van der Waals surface area contributed by atoms with Gasteiger partial charge in [-0.3, -0.25) is 14.3 Å². The molecule has 1 heterocycles. The number of Topliss-reactive ketones (excluding diaryl/α,β-unsaturated/α-hetero) is 1. The Balaban J connectivity index is 1.95. The van der Waals surface area contributed by atoms with Crippen LogP contribution in [-0.4, -0.2) is 20.1 Å². The van der Waals surface area contributed by atoms with Crippen molar-refractivity contribution in [3.8, 4) is 0 Å². The summed E-state index contributed by atoms with van der Waals surface area (Å²) in [4.78, 5) is 23.5. The maximum atomic E-state index is 12.6. The lowest BCUT2D eigenvalue weighted by molar-refractivity contribution is -0.119. The average Bonchev–Trinajstić information content (AvgIpc) is 2.77. The van der Waals surface area contributed by atoms with Crippen molar-refractivity contribution < 1.29 is 18.0 Å². The van der Waals surface area contributed by atoms with Crippen molar-refractivity contribution in [3.05, 3.63) is 53.6 Å². The third-order valence-corrected chi connectivity index (χ3v) is 5.69. The Morgan fingerprint density at radius 3 is 2.52 bits per heavy atom. The Morgan fingerprint density at radius 2 is 1.84 bits per heavy atom. The number of nitrogens with one attached hydrogen (secondary N) is 2. The summed E-state index contributed by atoms with van der Waals surface area (Å²) < 4.78 is 27.7. The molecule has 2 aromatic carbocycles. The third-order valence-electron chi connectivity index (χ3n) is 4.31. The lowest BCUT2D eigenvalue weighted by Crippen LogP contribution is -2.26. The molecule has 0 atom stereocenters. The second-order valence-electron chi connectivity index (χ2n) is 6.53. The van der Waals surface area contributed by atoms with Crippen LogP contribution in [0.4, 0.5) is 11.4 Å². The molecule has 130 valence electrons. The first kappa shape index (κ1) is 17.2. The molecule has 0 radical (unpaired) electrons. The molecule has 7 heteroatoms. The first-order chi connectivity index (χ1) is 11.6. The van der Waals surface area contributed by atoms with Gasteiger partial charge in [0, 0.05) is 16.9 Å². The Labute approximate surface area is 146 Å². The minimum Gasteiger partial charge on any atom is -0.325 e. The van der Waals surface area contributed by atoms with Gasteiger partial charge in [-0.25, -0.2) is 8.42 Å². The average molecular weight is 358 g/mol. The second-order valence-corrected chi connectivity index (χ2v) is 8.21. The standard InChI is InChI=1S/C18H18N2O4S/c1-11(21)12-5-4-6-14(9-12)25(23,24)20-13-7-8-16-15(10-13)18(2,3)17(22)19-16/h4-10,20H,1-3H3,(H,19,22). The van der Waals surface area contributed by atoms with Gasteiger partial charge in [0.1, 0.15) is 0 Å². The van der Waals surface area contributed by atoms with Crippen molar-refractivity contribution in [1.82, 2.24) is 0 Å². The molecule has 3 rings (SSSR count). The van der Waals surface area contributed by atoms with Crippen molar-refractivity contribution in [3.63, 3.8) is 0 Å². The largest absolute Gasteiger partial charge is 0.325 e. The minimum absolute atomic E-state index is 0.00848. The molecule has 6 nitrogen and oxygen atoms in total. The van der Waals surface area contributed by atoms with E-state index < -0.39 is 15.4 Å². The van der Waals surface area contributed by atoms with Gasteiger partial charge in [0.25, 0.3) is 10.0 Å². The third kappa shape index (κ3) is 3.02. The highest BCUT2D eigenvalue weighted by Crippen LogP contribution is 2.39. The summed E-state index contributed by atoms with van der Waals surface area (Å²) >= 11 is 0. The van der Waals surface area contributed by atoms with E-state index in [1.54, 1.807) is 38.1 Å². The molecular formula is C18H18N2O4S. The van der Waals surface area contributed by atoms with Gasteiger partial charge < -0.3 is 5.32 Å². The fourth-order valence-corrected chi connectivity index (χ4v) is 3.83. The molecule has 25 heavy (non-hydrogen) atoms. The lowest BCUT2D eigenvalue weighted by atomic mass is 9.86. The molecule has 0 spiro atoms. The van der Waals surface area contributed by atoms with Crippen molar-refractivity contribution in [1.29, 1.82) is 0 Å². The number of hydrogen-bond donors (Lipinski definition) is 2. The van der Waals surface area contributed by atoms with E-state index in [1.165, 1.54) is 25.1 Å². The summed E-state index contributed by atoms with van der Waals surface area (Å²) in [6.07, 6.45) is 0. The molecule has 1 aliphatic heterocycles. The van der Waals surface area contributed by atoms with E-state index in [4.69, 9.17) is 0 Å². The van der Waals surface area contributed by atoms with Gasteiger partial charge in [0.15, 0.2) is 5.78 Å². The number of amides is 1. The molecule has 1 amide bonds. The smallest absolute Gasteiger partial charge is 0.261 e. The van der Waals surface area contributed by atoms with E-state index in [1.807, 2.05) is 0 Å². The number of fused-ring (bicyclic) bond motifs is 1. The first-order valence-corrected chi connectivity index (χ1v) is 9.19. The Hall–Kier alpha value is -2.67. The summed E-state index contributed by atoms with van der Waals surface area (Å²) in [5.74, 6) is -0.336. The molecule has 0 bridgehead atoms. The summed E-state index contributed by atoms with van der Waals surface area (Å²) in [5, 5.41) is 2.78. The van der Waals surface area contributed by atoms with E-state index in [9.17, 15) is 18.0 Å². The van der Waals surface area contributed by atoms with Crippen LogP contribution in [0, 0.1) is 0 Å². The number of carbonyl (C=O) groups excluding carboxylic acids is 2. The van der Waals surface area contributed by atoms with Gasteiger partial charge in [0.05, 0.1) is 10.3 Å². The zero-order valence-corrected chi connectivity index (χ0v) is 14.9. The zero-order chi connectivity index (χ0) is 18.4. The molecule has 0 aliphatic carbocycles. The van der Waals surface area contributed by atoms with E-state index in [0.29, 0.717) is 16.9 Å². The number of hydrogen-bond acceptors (Lipinski definition) is 4. The van der Waals surface area contributed by atoms with Crippen LogP contribution in [-0.2, 0) is 20.2 Å². The SMILES string of the molecule is CC(=O)c1cccc(S(=O)(=O)Nc2ccc3c(c2)C(C)(C)C(=O)N3)c1. The molecular weight excluding hydrogens is 340 g/mol. The number of carbonyl (C=O) groups is 2. The van der Waals surface area contributed by atoms with Crippen molar-refractivity contribution >= 4 is 33.1 Å². The molecule has 0 fully saturated rings. The Bertz CT molecular complexity index is 994. The van der Waals surface area contributed by atoms with E-state index in [0.717, 1.165) is 5.56 Å². The van der Waals surface area contributed by atoms with Crippen molar-refractivity contribution in [2.24, 2.45) is 0 Å². The molecule has 2 N–H and O–H groups in total. The predicted molar refractivity (Wildman–Crippen MR) is 95.4 cm³/mol. The number of rotatable bonds is 4. The van der Waals surface area contributed by atoms with Crippen LogP contribution in [0.25, 0.3) is 0 Å². The fraction of sp³-hybridized carbons (Fsp3) is 0.222. The van der Waals surface area contributed by atoms with Crippen LogP contribution in [0.5, 0.6) is 0 Å². The molecule has 2 aromatic rings. The summed E-state index contributed by atoms with van der Waals surface area (Å²) in [6.45, 7) is 4.94. The Morgan fingerprint density at radius 1 is 1.12 bits per heavy atom. The van der Waals surface area contributed by atoms with Gasteiger partial charge >= 0.3 is 0 Å². The van der Waals surface area contributed by atoms with E-state index >= 15 is 0 Å². The highest BCUT2D eigenvalue weighted by Gasteiger charge is 2.38.